The van der Waals surface area contributed by atoms with E-state index in [0.29, 0.717) is 12.2 Å². The van der Waals surface area contributed by atoms with Gasteiger partial charge in [-0.05, 0) is 43.7 Å². The van der Waals surface area contributed by atoms with Crippen LogP contribution in [0.1, 0.15) is 32.1 Å². The van der Waals surface area contributed by atoms with E-state index in [4.69, 9.17) is 10.3 Å². The number of unbranched alkanes of at least 4 members (excludes halogenated alkanes) is 3. The number of amides is 1. The van der Waals surface area contributed by atoms with Crippen molar-refractivity contribution in [1.82, 2.24) is 10.1 Å². The Hall–Kier alpha value is -2.21. The van der Waals surface area contributed by atoms with Crippen LogP contribution in [0.15, 0.2) is 35.2 Å². The van der Waals surface area contributed by atoms with Crippen LogP contribution < -0.4 is 11.1 Å². The van der Waals surface area contributed by atoms with Crippen LogP contribution in [0, 0.1) is 0 Å². The van der Waals surface area contributed by atoms with Crippen molar-refractivity contribution in [3.63, 3.8) is 0 Å². The number of hydrogen-bond acceptors (Lipinski definition) is 5. The highest BCUT2D eigenvalue weighted by Crippen LogP contribution is 2.17. The molecule has 0 aliphatic heterocycles. The number of benzene rings is 1. The standard InChI is InChI=1S/C15H20N4O2/c16-10-4-2-1-3-5-14(20)18-13-8-6-12(7-9-13)15-17-11-21-19-15/h6-9,11H,1-5,10,16H2,(H,18,20). The van der Waals surface area contributed by atoms with Gasteiger partial charge in [-0.3, -0.25) is 4.79 Å². The normalized spacial score (nSPS) is 10.5. The predicted octanol–water partition coefficient (Wildman–Crippen LogP) is 2.58. The maximum atomic E-state index is 11.8. The zero-order valence-electron chi connectivity index (χ0n) is 11.9. The van der Waals surface area contributed by atoms with E-state index in [1.807, 2.05) is 24.3 Å². The first-order valence-corrected chi connectivity index (χ1v) is 7.16. The van der Waals surface area contributed by atoms with Crippen LogP contribution in [-0.2, 0) is 4.79 Å². The first kappa shape index (κ1) is 15.2. The highest BCUT2D eigenvalue weighted by Gasteiger charge is 2.05. The number of nitrogens with one attached hydrogen (secondary N) is 1. The SMILES string of the molecule is NCCCCCCC(=O)Nc1ccc(-c2ncon2)cc1. The number of aromatic nitrogens is 2. The van der Waals surface area contributed by atoms with Crippen LogP contribution in [0.5, 0.6) is 0 Å². The van der Waals surface area contributed by atoms with Crippen LogP contribution in [0.25, 0.3) is 11.4 Å². The lowest BCUT2D eigenvalue weighted by Gasteiger charge is -2.05. The lowest BCUT2D eigenvalue weighted by Crippen LogP contribution is -2.11. The number of rotatable bonds is 8. The minimum absolute atomic E-state index is 0.0371. The number of anilines is 1. The molecule has 0 saturated heterocycles. The number of carbonyl (C=O) groups excluding carboxylic acids is 1. The molecule has 2 rings (SSSR count). The summed E-state index contributed by atoms with van der Waals surface area (Å²) in [5, 5.41) is 6.64. The molecular weight excluding hydrogens is 268 g/mol. The Labute approximate surface area is 123 Å². The highest BCUT2D eigenvalue weighted by molar-refractivity contribution is 5.90. The lowest BCUT2D eigenvalue weighted by atomic mass is 10.1. The lowest BCUT2D eigenvalue weighted by molar-refractivity contribution is -0.116. The molecule has 1 aromatic carbocycles. The summed E-state index contributed by atoms with van der Waals surface area (Å²) in [6.45, 7) is 0.721. The molecule has 3 N–H and O–H groups in total. The van der Waals surface area contributed by atoms with Gasteiger partial charge in [-0.25, -0.2) is 0 Å². The van der Waals surface area contributed by atoms with Crippen molar-refractivity contribution in [1.29, 1.82) is 0 Å². The molecule has 0 bridgehead atoms. The molecule has 0 radical (unpaired) electrons. The summed E-state index contributed by atoms with van der Waals surface area (Å²) < 4.78 is 4.70. The second-order valence-corrected chi connectivity index (χ2v) is 4.83. The van der Waals surface area contributed by atoms with E-state index in [1.165, 1.54) is 6.39 Å². The highest BCUT2D eigenvalue weighted by atomic mass is 16.5. The summed E-state index contributed by atoms with van der Waals surface area (Å²) in [7, 11) is 0. The Morgan fingerprint density at radius 3 is 2.57 bits per heavy atom. The third kappa shape index (κ3) is 5.00. The fraction of sp³-hybridized carbons (Fsp3) is 0.400. The minimum atomic E-state index is 0.0371. The average molecular weight is 288 g/mol. The van der Waals surface area contributed by atoms with Crippen molar-refractivity contribution in [2.45, 2.75) is 32.1 Å². The van der Waals surface area contributed by atoms with E-state index in [0.717, 1.165) is 43.5 Å². The van der Waals surface area contributed by atoms with Crippen molar-refractivity contribution in [2.75, 3.05) is 11.9 Å². The minimum Gasteiger partial charge on any atom is -0.342 e. The Bertz CT molecular complexity index is 537. The summed E-state index contributed by atoms with van der Waals surface area (Å²) in [6.07, 6.45) is 5.88. The van der Waals surface area contributed by atoms with Gasteiger partial charge in [0, 0.05) is 17.7 Å². The third-order valence-corrected chi connectivity index (χ3v) is 3.15. The topological polar surface area (TPSA) is 94.0 Å². The maximum Gasteiger partial charge on any atom is 0.224 e. The molecule has 0 saturated carbocycles. The maximum absolute atomic E-state index is 11.8. The first-order valence-electron chi connectivity index (χ1n) is 7.16. The van der Waals surface area contributed by atoms with Gasteiger partial charge in [0.25, 0.3) is 0 Å². The van der Waals surface area contributed by atoms with Crippen molar-refractivity contribution in [3.8, 4) is 11.4 Å². The molecule has 0 aliphatic rings. The summed E-state index contributed by atoms with van der Waals surface area (Å²) in [4.78, 5) is 15.8. The molecule has 0 atom stereocenters. The molecule has 1 aromatic heterocycles. The van der Waals surface area contributed by atoms with E-state index in [-0.39, 0.29) is 5.91 Å². The number of nitrogens with two attached hydrogens (primary N) is 1. The smallest absolute Gasteiger partial charge is 0.224 e. The van der Waals surface area contributed by atoms with E-state index >= 15 is 0 Å². The molecule has 6 nitrogen and oxygen atoms in total. The molecule has 0 fully saturated rings. The summed E-state index contributed by atoms with van der Waals surface area (Å²) in [6, 6.07) is 7.36. The zero-order valence-corrected chi connectivity index (χ0v) is 11.9. The Kier molecular flexibility index (Phi) is 5.90. The quantitative estimate of drug-likeness (QED) is 0.728. The van der Waals surface area contributed by atoms with E-state index in [2.05, 4.69) is 15.5 Å². The summed E-state index contributed by atoms with van der Waals surface area (Å²) in [5.41, 5.74) is 7.05. The number of carbonyl (C=O) groups is 1. The van der Waals surface area contributed by atoms with Crippen LogP contribution in [-0.4, -0.2) is 22.6 Å². The van der Waals surface area contributed by atoms with Crippen LogP contribution in [0.3, 0.4) is 0 Å². The van der Waals surface area contributed by atoms with Gasteiger partial charge in [0.1, 0.15) is 0 Å². The van der Waals surface area contributed by atoms with Gasteiger partial charge in [-0.2, -0.15) is 4.98 Å². The fourth-order valence-electron chi connectivity index (χ4n) is 2.01. The van der Waals surface area contributed by atoms with Crippen LogP contribution in [0.4, 0.5) is 5.69 Å². The van der Waals surface area contributed by atoms with Gasteiger partial charge < -0.3 is 15.6 Å². The van der Waals surface area contributed by atoms with Gasteiger partial charge >= 0.3 is 0 Å². The van der Waals surface area contributed by atoms with E-state index in [9.17, 15) is 4.79 Å². The van der Waals surface area contributed by atoms with Crippen LogP contribution in [0.2, 0.25) is 0 Å². The average Bonchev–Trinajstić information content (AvgIpc) is 3.02. The predicted molar refractivity (Wildman–Crippen MR) is 80.5 cm³/mol. The molecule has 0 spiro atoms. The summed E-state index contributed by atoms with van der Waals surface area (Å²) in [5.74, 6) is 0.572. The molecule has 0 unspecified atom stereocenters. The van der Waals surface area contributed by atoms with Gasteiger partial charge in [-0.15, -0.1) is 0 Å². The van der Waals surface area contributed by atoms with E-state index in [1.54, 1.807) is 0 Å². The zero-order chi connectivity index (χ0) is 14.9. The van der Waals surface area contributed by atoms with Crippen molar-refractivity contribution in [2.24, 2.45) is 5.73 Å². The van der Waals surface area contributed by atoms with Crippen molar-refractivity contribution >= 4 is 11.6 Å². The third-order valence-electron chi connectivity index (χ3n) is 3.15. The van der Waals surface area contributed by atoms with Gasteiger partial charge in [0.2, 0.25) is 18.1 Å². The molecular formula is C15H20N4O2. The van der Waals surface area contributed by atoms with E-state index < -0.39 is 0 Å². The molecule has 21 heavy (non-hydrogen) atoms. The van der Waals surface area contributed by atoms with Crippen molar-refractivity contribution < 1.29 is 9.32 Å². The van der Waals surface area contributed by atoms with Gasteiger partial charge in [-0.1, -0.05) is 18.0 Å². The number of hydrogen-bond donors (Lipinski definition) is 2. The van der Waals surface area contributed by atoms with Crippen molar-refractivity contribution in [3.05, 3.63) is 30.7 Å². The van der Waals surface area contributed by atoms with Gasteiger partial charge in [0.15, 0.2) is 0 Å². The first-order chi connectivity index (χ1) is 10.3. The molecule has 112 valence electrons. The largest absolute Gasteiger partial charge is 0.342 e. The molecule has 1 heterocycles. The van der Waals surface area contributed by atoms with Crippen LogP contribution >= 0.6 is 0 Å². The monoisotopic (exact) mass is 288 g/mol. The molecule has 2 aromatic rings. The second-order valence-electron chi connectivity index (χ2n) is 4.83. The fourth-order valence-corrected chi connectivity index (χ4v) is 2.01. The number of nitrogens with zero attached hydrogens (tertiary/aromatic N) is 2. The summed E-state index contributed by atoms with van der Waals surface area (Å²) >= 11 is 0. The second kappa shape index (κ2) is 8.16. The Morgan fingerprint density at radius 2 is 1.90 bits per heavy atom. The molecule has 0 aliphatic carbocycles. The van der Waals surface area contributed by atoms with Gasteiger partial charge in [0.05, 0.1) is 0 Å². The molecule has 6 heteroatoms. The Morgan fingerprint density at radius 1 is 1.14 bits per heavy atom. The Balaban J connectivity index is 1.76. The molecule has 1 amide bonds.